The number of guanidine groups is 1. The van der Waals surface area contributed by atoms with E-state index in [2.05, 4.69) is 22.5 Å². The molecule has 0 bridgehead atoms. The summed E-state index contributed by atoms with van der Waals surface area (Å²) in [5.41, 5.74) is -0.464. The molecule has 6 heteroatoms. The summed E-state index contributed by atoms with van der Waals surface area (Å²) in [6.45, 7) is 9.13. The van der Waals surface area contributed by atoms with Crippen molar-refractivity contribution in [2.24, 2.45) is 10.9 Å². The molecule has 0 saturated heterocycles. The zero-order valence-electron chi connectivity index (χ0n) is 15.6. The van der Waals surface area contributed by atoms with Gasteiger partial charge in [0.25, 0.3) is 0 Å². The molecule has 1 fully saturated rings. The molecule has 0 aromatic rings. The standard InChI is InChI=1S/C17H34N4O2/c1-13-7-9-14(10-8-13)20-15(18-5)19-11-12-21(6)16(22)23-17(2,3)4/h13-14H,7-12H2,1-6H3,(H2,18,19,20). The van der Waals surface area contributed by atoms with Crippen LogP contribution in [-0.4, -0.2) is 55.8 Å². The molecule has 0 unspecified atom stereocenters. The van der Waals surface area contributed by atoms with Crippen LogP contribution in [0.2, 0.25) is 0 Å². The fraction of sp³-hybridized carbons (Fsp3) is 0.882. The Morgan fingerprint density at radius 2 is 1.87 bits per heavy atom. The average molecular weight is 326 g/mol. The summed E-state index contributed by atoms with van der Waals surface area (Å²) in [4.78, 5) is 17.7. The van der Waals surface area contributed by atoms with Gasteiger partial charge < -0.3 is 20.3 Å². The van der Waals surface area contributed by atoms with E-state index in [0.717, 1.165) is 11.9 Å². The molecule has 0 aliphatic heterocycles. The monoisotopic (exact) mass is 326 g/mol. The molecule has 1 aliphatic rings. The molecule has 0 aromatic carbocycles. The Balaban J connectivity index is 2.28. The van der Waals surface area contributed by atoms with Gasteiger partial charge in [-0.2, -0.15) is 0 Å². The lowest BCUT2D eigenvalue weighted by Crippen LogP contribution is -2.47. The van der Waals surface area contributed by atoms with E-state index in [-0.39, 0.29) is 6.09 Å². The van der Waals surface area contributed by atoms with Crippen LogP contribution in [-0.2, 0) is 4.74 Å². The molecule has 23 heavy (non-hydrogen) atoms. The van der Waals surface area contributed by atoms with Gasteiger partial charge >= 0.3 is 6.09 Å². The van der Waals surface area contributed by atoms with Crippen molar-refractivity contribution in [3.8, 4) is 0 Å². The Labute approximate surface area is 141 Å². The Bertz CT molecular complexity index is 396. The minimum atomic E-state index is -0.464. The van der Waals surface area contributed by atoms with Crippen molar-refractivity contribution in [2.75, 3.05) is 27.2 Å². The minimum absolute atomic E-state index is 0.302. The van der Waals surface area contributed by atoms with Crippen LogP contribution in [0, 0.1) is 5.92 Å². The zero-order valence-corrected chi connectivity index (χ0v) is 15.6. The predicted octanol–water partition coefficient (Wildman–Crippen LogP) is 2.60. The molecule has 0 heterocycles. The molecule has 0 aromatic heterocycles. The second-order valence-corrected chi connectivity index (χ2v) is 7.50. The largest absolute Gasteiger partial charge is 0.444 e. The molecular formula is C17H34N4O2. The van der Waals surface area contributed by atoms with Crippen LogP contribution < -0.4 is 10.6 Å². The number of rotatable bonds is 4. The van der Waals surface area contributed by atoms with Gasteiger partial charge in [-0.15, -0.1) is 0 Å². The predicted molar refractivity (Wildman–Crippen MR) is 94.8 cm³/mol. The molecule has 1 saturated carbocycles. The lowest BCUT2D eigenvalue weighted by Gasteiger charge is -2.28. The summed E-state index contributed by atoms with van der Waals surface area (Å²) in [7, 11) is 3.52. The third-order valence-corrected chi connectivity index (χ3v) is 4.03. The zero-order chi connectivity index (χ0) is 17.5. The number of carbonyl (C=O) groups excluding carboxylic acids is 1. The topological polar surface area (TPSA) is 66.0 Å². The number of nitrogens with zero attached hydrogens (tertiary/aromatic N) is 2. The number of likely N-dealkylation sites (N-methyl/N-ethyl adjacent to an activating group) is 1. The van der Waals surface area contributed by atoms with Crippen LogP contribution >= 0.6 is 0 Å². The lowest BCUT2D eigenvalue weighted by atomic mass is 9.87. The van der Waals surface area contributed by atoms with E-state index in [1.54, 1.807) is 19.0 Å². The number of aliphatic imine (C=N–C) groups is 1. The van der Waals surface area contributed by atoms with Crippen LogP contribution in [0.3, 0.4) is 0 Å². The van der Waals surface area contributed by atoms with Crippen molar-refractivity contribution in [1.82, 2.24) is 15.5 Å². The van der Waals surface area contributed by atoms with Crippen LogP contribution in [0.1, 0.15) is 53.4 Å². The smallest absolute Gasteiger partial charge is 0.410 e. The van der Waals surface area contributed by atoms with Crippen LogP contribution in [0.5, 0.6) is 0 Å². The Hall–Kier alpha value is -1.46. The van der Waals surface area contributed by atoms with E-state index in [1.165, 1.54) is 25.7 Å². The van der Waals surface area contributed by atoms with Crippen LogP contribution in [0.25, 0.3) is 0 Å². The highest BCUT2D eigenvalue weighted by molar-refractivity contribution is 5.80. The van der Waals surface area contributed by atoms with Crippen molar-refractivity contribution in [2.45, 2.75) is 65.0 Å². The molecule has 1 amide bonds. The van der Waals surface area contributed by atoms with Gasteiger partial charge in [0.15, 0.2) is 5.96 Å². The summed E-state index contributed by atoms with van der Waals surface area (Å²) in [5.74, 6) is 1.65. The fourth-order valence-electron chi connectivity index (χ4n) is 2.57. The van der Waals surface area contributed by atoms with E-state index >= 15 is 0 Å². The second-order valence-electron chi connectivity index (χ2n) is 7.50. The number of hydrogen-bond acceptors (Lipinski definition) is 3. The molecule has 6 nitrogen and oxygen atoms in total. The van der Waals surface area contributed by atoms with E-state index in [4.69, 9.17) is 4.74 Å². The van der Waals surface area contributed by atoms with Crippen molar-refractivity contribution in [3.63, 3.8) is 0 Å². The van der Waals surface area contributed by atoms with Gasteiger partial charge in [0, 0.05) is 33.2 Å². The van der Waals surface area contributed by atoms with Crippen molar-refractivity contribution in [1.29, 1.82) is 0 Å². The normalized spacial score (nSPS) is 22.4. The minimum Gasteiger partial charge on any atom is -0.444 e. The Morgan fingerprint density at radius 1 is 1.26 bits per heavy atom. The molecule has 1 aliphatic carbocycles. The summed E-state index contributed by atoms with van der Waals surface area (Å²) in [5, 5.41) is 6.74. The summed E-state index contributed by atoms with van der Waals surface area (Å²) >= 11 is 0. The van der Waals surface area contributed by atoms with Crippen molar-refractivity contribution in [3.05, 3.63) is 0 Å². The summed E-state index contributed by atoms with van der Waals surface area (Å²) < 4.78 is 5.33. The van der Waals surface area contributed by atoms with Crippen LogP contribution in [0.4, 0.5) is 4.79 Å². The molecule has 2 N–H and O–H groups in total. The quantitative estimate of drug-likeness (QED) is 0.615. The average Bonchev–Trinajstić information content (AvgIpc) is 2.46. The molecule has 0 spiro atoms. The first-order valence-corrected chi connectivity index (χ1v) is 8.62. The summed E-state index contributed by atoms with van der Waals surface area (Å²) in [6, 6.07) is 0.501. The molecular weight excluding hydrogens is 292 g/mol. The maximum atomic E-state index is 11.9. The first-order chi connectivity index (χ1) is 10.7. The van der Waals surface area contributed by atoms with Crippen molar-refractivity contribution >= 4 is 12.1 Å². The van der Waals surface area contributed by atoms with Gasteiger partial charge in [0.05, 0.1) is 0 Å². The van der Waals surface area contributed by atoms with Gasteiger partial charge in [-0.05, 0) is 52.4 Å². The maximum absolute atomic E-state index is 11.9. The fourth-order valence-corrected chi connectivity index (χ4v) is 2.57. The number of nitrogens with one attached hydrogen (secondary N) is 2. The highest BCUT2D eigenvalue weighted by Crippen LogP contribution is 2.23. The molecule has 1 rings (SSSR count). The van der Waals surface area contributed by atoms with Gasteiger partial charge in [-0.25, -0.2) is 4.79 Å². The molecule has 0 atom stereocenters. The van der Waals surface area contributed by atoms with Crippen molar-refractivity contribution < 1.29 is 9.53 Å². The second kappa shape index (κ2) is 8.99. The highest BCUT2D eigenvalue weighted by Gasteiger charge is 2.20. The van der Waals surface area contributed by atoms with E-state index in [0.29, 0.717) is 19.1 Å². The molecule has 0 radical (unpaired) electrons. The van der Waals surface area contributed by atoms with E-state index in [1.807, 2.05) is 20.8 Å². The highest BCUT2D eigenvalue weighted by atomic mass is 16.6. The van der Waals surface area contributed by atoms with Gasteiger partial charge in [-0.3, -0.25) is 4.99 Å². The Kier molecular flexibility index (Phi) is 7.65. The number of hydrogen-bond donors (Lipinski definition) is 2. The third-order valence-electron chi connectivity index (χ3n) is 4.03. The van der Waals surface area contributed by atoms with Gasteiger partial charge in [0.2, 0.25) is 0 Å². The number of amides is 1. The third kappa shape index (κ3) is 8.09. The van der Waals surface area contributed by atoms with E-state index < -0.39 is 5.60 Å². The van der Waals surface area contributed by atoms with Gasteiger partial charge in [-0.1, -0.05) is 6.92 Å². The first kappa shape index (κ1) is 19.6. The van der Waals surface area contributed by atoms with E-state index in [9.17, 15) is 4.79 Å². The Morgan fingerprint density at radius 3 is 2.39 bits per heavy atom. The SMILES string of the molecule is CN=C(NCCN(C)C(=O)OC(C)(C)C)NC1CCC(C)CC1. The first-order valence-electron chi connectivity index (χ1n) is 8.62. The lowest BCUT2D eigenvalue weighted by molar-refractivity contribution is 0.0302. The summed E-state index contributed by atoms with van der Waals surface area (Å²) in [6.07, 6.45) is 4.63. The van der Waals surface area contributed by atoms with Gasteiger partial charge in [0.1, 0.15) is 5.60 Å². The molecule has 134 valence electrons. The maximum Gasteiger partial charge on any atom is 0.410 e. The van der Waals surface area contributed by atoms with Crippen LogP contribution in [0.15, 0.2) is 4.99 Å². The number of carbonyl (C=O) groups is 1. The number of ether oxygens (including phenoxy) is 1.